The molecule has 0 radical (unpaired) electrons. The lowest BCUT2D eigenvalue weighted by molar-refractivity contribution is 0.828. The van der Waals surface area contributed by atoms with Crippen molar-refractivity contribution in [2.45, 2.75) is 39.0 Å². The van der Waals surface area contributed by atoms with Crippen LogP contribution in [0.3, 0.4) is 0 Å². The Morgan fingerprint density at radius 2 is 2.05 bits per heavy atom. The molecule has 112 valence electrons. The maximum atomic E-state index is 5.99. The quantitative estimate of drug-likeness (QED) is 0.672. The van der Waals surface area contributed by atoms with E-state index in [0.717, 1.165) is 39.7 Å². The summed E-state index contributed by atoms with van der Waals surface area (Å²) in [5.41, 5.74) is 11.4. The summed E-state index contributed by atoms with van der Waals surface area (Å²) >= 11 is 7.04. The summed E-state index contributed by atoms with van der Waals surface area (Å²) < 4.78 is 1.97. The molecule has 0 atom stereocenters. The summed E-state index contributed by atoms with van der Waals surface area (Å²) in [6.45, 7) is 8.42. The van der Waals surface area contributed by atoms with E-state index in [1.54, 1.807) is 11.8 Å². The predicted molar refractivity (Wildman–Crippen MR) is 94.7 cm³/mol. The molecular weight excluding hydrogens is 298 g/mol. The maximum Gasteiger partial charge on any atom is 0.107 e. The van der Waals surface area contributed by atoms with Crippen molar-refractivity contribution in [3.8, 4) is 5.69 Å². The van der Waals surface area contributed by atoms with E-state index in [1.165, 1.54) is 5.56 Å². The van der Waals surface area contributed by atoms with Crippen molar-refractivity contribution >= 4 is 29.0 Å². The molecule has 0 saturated carbocycles. The minimum absolute atomic E-state index is 0.423. The summed E-state index contributed by atoms with van der Waals surface area (Å²) in [6.07, 6.45) is 0.976. The number of thiocarbonyl (C=S) groups is 1. The zero-order chi connectivity index (χ0) is 15.6. The van der Waals surface area contributed by atoms with Crippen LogP contribution in [0.1, 0.15) is 36.4 Å². The molecular formula is C16H21N3S2. The van der Waals surface area contributed by atoms with Crippen LogP contribution >= 0.6 is 24.0 Å². The predicted octanol–water partition coefficient (Wildman–Crippen LogP) is 3.80. The van der Waals surface area contributed by atoms with Gasteiger partial charge in [0.1, 0.15) is 4.99 Å². The number of aromatic nitrogens is 2. The van der Waals surface area contributed by atoms with Crippen LogP contribution in [0.4, 0.5) is 0 Å². The molecule has 1 heterocycles. The fourth-order valence-corrected chi connectivity index (χ4v) is 3.76. The Balaban J connectivity index is 2.69. The highest BCUT2D eigenvalue weighted by Crippen LogP contribution is 2.29. The number of aryl methyl sites for hydroxylation is 1. The minimum atomic E-state index is 0.423. The molecule has 21 heavy (non-hydrogen) atoms. The molecule has 0 fully saturated rings. The molecule has 0 amide bonds. The molecule has 1 aromatic carbocycles. The third-order valence-corrected chi connectivity index (χ3v) is 4.72. The van der Waals surface area contributed by atoms with Gasteiger partial charge >= 0.3 is 0 Å². The lowest BCUT2D eigenvalue weighted by Gasteiger charge is -2.14. The van der Waals surface area contributed by atoms with Crippen LogP contribution in [-0.2, 0) is 6.42 Å². The monoisotopic (exact) mass is 319 g/mol. The van der Waals surface area contributed by atoms with Crippen molar-refractivity contribution < 1.29 is 0 Å². The van der Waals surface area contributed by atoms with Gasteiger partial charge in [0.25, 0.3) is 0 Å². The number of nitrogens with zero attached hydrogens (tertiary/aromatic N) is 2. The van der Waals surface area contributed by atoms with Crippen LogP contribution in [0.25, 0.3) is 5.69 Å². The average molecular weight is 319 g/mol. The molecule has 0 spiro atoms. The second-order valence-corrected chi connectivity index (χ2v) is 6.61. The summed E-state index contributed by atoms with van der Waals surface area (Å²) in [7, 11) is 0. The highest BCUT2D eigenvalue weighted by Gasteiger charge is 2.17. The first-order chi connectivity index (χ1) is 10.0. The molecule has 0 unspecified atom stereocenters. The molecule has 0 saturated heterocycles. The lowest BCUT2D eigenvalue weighted by Crippen LogP contribution is -2.16. The summed E-state index contributed by atoms with van der Waals surface area (Å²) in [5, 5.41) is 4.69. The van der Waals surface area contributed by atoms with E-state index in [1.807, 2.05) is 23.7 Å². The van der Waals surface area contributed by atoms with E-state index in [4.69, 9.17) is 18.0 Å². The van der Waals surface area contributed by atoms with Gasteiger partial charge in [-0.15, -0.1) is 11.8 Å². The summed E-state index contributed by atoms with van der Waals surface area (Å²) in [6, 6.07) is 6.14. The van der Waals surface area contributed by atoms with Gasteiger partial charge in [0.05, 0.1) is 11.4 Å². The third kappa shape index (κ3) is 2.99. The fraction of sp³-hybridized carbons (Fsp3) is 0.375. The normalized spacial score (nSPS) is 10.9. The SMILES string of the molecule is CCSc1cccc(-n2nc(C)c(CC)c2C)c1C(N)=S. The molecule has 2 rings (SSSR count). The summed E-state index contributed by atoms with van der Waals surface area (Å²) in [5.74, 6) is 0.983. The van der Waals surface area contributed by atoms with E-state index in [2.05, 4.69) is 31.9 Å². The number of rotatable bonds is 5. The lowest BCUT2D eigenvalue weighted by atomic mass is 10.1. The standard InChI is InChI=1S/C16H21N3S2/c1-5-12-10(3)18-19(11(12)4)13-8-7-9-14(21-6-2)15(13)16(17)20/h7-9H,5-6H2,1-4H3,(H2,17,20). The fourth-order valence-electron chi connectivity index (χ4n) is 2.64. The largest absolute Gasteiger partial charge is 0.389 e. The number of thioether (sulfide) groups is 1. The molecule has 0 aliphatic rings. The number of benzene rings is 1. The van der Waals surface area contributed by atoms with E-state index < -0.39 is 0 Å². The molecule has 5 heteroatoms. The molecule has 2 aromatic rings. The van der Waals surface area contributed by atoms with Crippen LogP contribution in [0.5, 0.6) is 0 Å². The van der Waals surface area contributed by atoms with Gasteiger partial charge in [0, 0.05) is 16.2 Å². The Kier molecular flexibility index (Phi) is 5.06. The second kappa shape index (κ2) is 6.62. The minimum Gasteiger partial charge on any atom is -0.389 e. The van der Waals surface area contributed by atoms with Crippen LogP contribution in [0.15, 0.2) is 23.1 Å². The van der Waals surface area contributed by atoms with Crippen molar-refractivity contribution in [3.05, 3.63) is 40.7 Å². The molecule has 1 aromatic heterocycles. The Labute approximate surface area is 135 Å². The van der Waals surface area contributed by atoms with Crippen molar-refractivity contribution in [2.24, 2.45) is 5.73 Å². The number of hydrogen-bond donors (Lipinski definition) is 1. The third-order valence-electron chi connectivity index (χ3n) is 3.57. The first-order valence-electron chi connectivity index (χ1n) is 7.12. The molecule has 0 bridgehead atoms. The first kappa shape index (κ1) is 16.0. The zero-order valence-corrected chi connectivity index (χ0v) is 14.6. The Hall–Kier alpha value is -1.33. The highest BCUT2D eigenvalue weighted by molar-refractivity contribution is 7.99. The Morgan fingerprint density at radius 3 is 2.57 bits per heavy atom. The average Bonchev–Trinajstić information content (AvgIpc) is 2.73. The van der Waals surface area contributed by atoms with Crippen LogP contribution < -0.4 is 5.73 Å². The van der Waals surface area contributed by atoms with Crippen LogP contribution in [-0.4, -0.2) is 20.5 Å². The number of hydrogen-bond acceptors (Lipinski definition) is 3. The van der Waals surface area contributed by atoms with E-state index in [0.29, 0.717) is 4.99 Å². The maximum absolute atomic E-state index is 5.99. The van der Waals surface area contributed by atoms with Gasteiger partial charge < -0.3 is 5.73 Å². The second-order valence-electron chi connectivity index (χ2n) is 4.86. The van der Waals surface area contributed by atoms with Gasteiger partial charge in [-0.1, -0.05) is 32.1 Å². The smallest absolute Gasteiger partial charge is 0.107 e. The molecule has 2 N–H and O–H groups in total. The number of nitrogens with two attached hydrogens (primary N) is 1. The van der Waals surface area contributed by atoms with Crippen LogP contribution in [0, 0.1) is 13.8 Å². The van der Waals surface area contributed by atoms with Crippen molar-refractivity contribution in [1.29, 1.82) is 0 Å². The van der Waals surface area contributed by atoms with E-state index in [-0.39, 0.29) is 0 Å². The van der Waals surface area contributed by atoms with E-state index >= 15 is 0 Å². The van der Waals surface area contributed by atoms with Crippen LogP contribution in [0.2, 0.25) is 0 Å². The topological polar surface area (TPSA) is 43.8 Å². The van der Waals surface area contributed by atoms with Gasteiger partial charge in [-0.2, -0.15) is 5.10 Å². The first-order valence-corrected chi connectivity index (χ1v) is 8.51. The Bertz CT molecular complexity index is 674. The van der Waals surface area contributed by atoms with Crippen molar-refractivity contribution in [2.75, 3.05) is 5.75 Å². The molecule has 3 nitrogen and oxygen atoms in total. The Morgan fingerprint density at radius 1 is 1.33 bits per heavy atom. The highest BCUT2D eigenvalue weighted by atomic mass is 32.2. The van der Waals surface area contributed by atoms with Crippen molar-refractivity contribution in [3.63, 3.8) is 0 Å². The zero-order valence-electron chi connectivity index (χ0n) is 12.9. The van der Waals surface area contributed by atoms with Gasteiger partial charge in [-0.3, -0.25) is 0 Å². The van der Waals surface area contributed by atoms with Gasteiger partial charge in [-0.25, -0.2) is 4.68 Å². The van der Waals surface area contributed by atoms with Gasteiger partial charge in [0.15, 0.2) is 0 Å². The van der Waals surface area contributed by atoms with Gasteiger partial charge in [-0.05, 0) is 43.7 Å². The van der Waals surface area contributed by atoms with Crippen molar-refractivity contribution in [1.82, 2.24) is 9.78 Å². The molecule has 0 aliphatic heterocycles. The molecule has 0 aliphatic carbocycles. The van der Waals surface area contributed by atoms with Gasteiger partial charge in [0.2, 0.25) is 0 Å². The summed E-state index contributed by atoms with van der Waals surface area (Å²) in [4.78, 5) is 1.54. The van der Waals surface area contributed by atoms with E-state index in [9.17, 15) is 0 Å².